The molecule has 1 rings (SSSR count). The van der Waals surface area contributed by atoms with E-state index in [9.17, 15) is 9.90 Å². The standard InChI is InChI=1S/C13H16O2/c1-8(2)5-11-6-9(3)7-12(10(4)14)13(11)15/h6-7,15H,1,5H2,2-4H3. The van der Waals surface area contributed by atoms with Crippen molar-refractivity contribution in [3.05, 3.63) is 41.0 Å². The fourth-order valence-electron chi connectivity index (χ4n) is 1.58. The average molecular weight is 204 g/mol. The van der Waals surface area contributed by atoms with E-state index in [0.717, 1.165) is 16.7 Å². The van der Waals surface area contributed by atoms with Crippen LogP contribution in [0, 0.1) is 6.92 Å². The summed E-state index contributed by atoms with van der Waals surface area (Å²) in [7, 11) is 0. The van der Waals surface area contributed by atoms with Gasteiger partial charge in [-0.15, -0.1) is 0 Å². The molecule has 0 unspecified atom stereocenters. The topological polar surface area (TPSA) is 37.3 Å². The first-order valence-electron chi connectivity index (χ1n) is 4.89. The Kier molecular flexibility index (Phi) is 3.30. The highest BCUT2D eigenvalue weighted by atomic mass is 16.3. The third-order valence-electron chi connectivity index (χ3n) is 2.20. The van der Waals surface area contributed by atoms with Crippen LogP contribution in [0.1, 0.15) is 35.3 Å². The van der Waals surface area contributed by atoms with Crippen molar-refractivity contribution in [1.29, 1.82) is 0 Å². The van der Waals surface area contributed by atoms with Crippen molar-refractivity contribution in [3.8, 4) is 5.75 Å². The number of benzene rings is 1. The number of ketones is 1. The lowest BCUT2D eigenvalue weighted by Gasteiger charge is -2.09. The molecular formula is C13H16O2. The van der Waals surface area contributed by atoms with Gasteiger partial charge in [0, 0.05) is 0 Å². The number of hydrogen-bond donors (Lipinski definition) is 1. The van der Waals surface area contributed by atoms with Gasteiger partial charge < -0.3 is 5.11 Å². The van der Waals surface area contributed by atoms with E-state index < -0.39 is 0 Å². The number of allylic oxidation sites excluding steroid dienone is 1. The first-order valence-corrected chi connectivity index (χ1v) is 4.89. The van der Waals surface area contributed by atoms with E-state index in [1.165, 1.54) is 6.92 Å². The molecule has 0 atom stereocenters. The van der Waals surface area contributed by atoms with E-state index in [1.54, 1.807) is 6.07 Å². The average Bonchev–Trinajstić information content (AvgIpc) is 2.09. The molecule has 2 nitrogen and oxygen atoms in total. The zero-order valence-electron chi connectivity index (χ0n) is 9.42. The minimum absolute atomic E-state index is 0.0936. The fourth-order valence-corrected chi connectivity index (χ4v) is 1.58. The molecule has 80 valence electrons. The van der Waals surface area contributed by atoms with Crippen LogP contribution in [-0.4, -0.2) is 10.9 Å². The molecule has 0 bridgehead atoms. The summed E-state index contributed by atoms with van der Waals surface area (Å²) in [5.41, 5.74) is 3.11. The van der Waals surface area contributed by atoms with E-state index >= 15 is 0 Å². The van der Waals surface area contributed by atoms with Crippen LogP contribution in [0.5, 0.6) is 5.75 Å². The summed E-state index contributed by atoms with van der Waals surface area (Å²) in [6.07, 6.45) is 0.605. The van der Waals surface area contributed by atoms with Crippen molar-refractivity contribution in [2.45, 2.75) is 27.2 Å². The Bertz CT molecular complexity index is 417. The Morgan fingerprint density at radius 1 is 1.40 bits per heavy atom. The van der Waals surface area contributed by atoms with Crippen LogP contribution in [0.2, 0.25) is 0 Å². The molecule has 0 aliphatic heterocycles. The third-order valence-corrected chi connectivity index (χ3v) is 2.20. The van der Waals surface area contributed by atoms with Crippen LogP contribution in [0.25, 0.3) is 0 Å². The van der Waals surface area contributed by atoms with Crippen molar-refractivity contribution in [2.24, 2.45) is 0 Å². The number of aryl methyl sites for hydroxylation is 1. The van der Waals surface area contributed by atoms with E-state index in [-0.39, 0.29) is 11.5 Å². The van der Waals surface area contributed by atoms with Gasteiger partial charge >= 0.3 is 0 Å². The predicted octanol–water partition coefficient (Wildman–Crippen LogP) is 3.02. The minimum atomic E-state index is -0.112. The second-order valence-electron chi connectivity index (χ2n) is 4.01. The smallest absolute Gasteiger partial charge is 0.163 e. The van der Waals surface area contributed by atoms with Crippen molar-refractivity contribution in [1.82, 2.24) is 0 Å². The molecule has 1 aromatic carbocycles. The molecular weight excluding hydrogens is 188 g/mol. The van der Waals surface area contributed by atoms with E-state index in [4.69, 9.17) is 0 Å². The van der Waals surface area contributed by atoms with Crippen LogP contribution >= 0.6 is 0 Å². The van der Waals surface area contributed by atoms with Gasteiger partial charge in [0.15, 0.2) is 5.78 Å². The van der Waals surface area contributed by atoms with Gasteiger partial charge in [-0.3, -0.25) is 4.79 Å². The number of aromatic hydroxyl groups is 1. The monoisotopic (exact) mass is 204 g/mol. The summed E-state index contributed by atoms with van der Waals surface area (Å²) < 4.78 is 0. The van der Waals surface area contributed by atoms with Crippen molar-refractivity contribution in [2.75, 3.05) is 0 Å². The maximum Gasteiger partial charge on any atom is 0.163 e. The molecule has 0 radical (unpaired) electrons. The summed E-state index contributed by atoms with van der Waals surface area (Å²) in [4.78, 5) is 11.3. The predicted molar refractivity (Wildman–Crippen MR) is 61.4 cm³/mol. The lowest BCUT2D eigenvalue weighted by Crippen LogP contribution is -1.98. The van der Waals surface area contributed by atoms with Gasteiger partial charge in [0.2, 0.25) is 0 Å². The molecule has 1 N–H and O–H groups in total. The SMILES string of the molecule is C=C(C)Cc1cc(C)cc(C(C)=O)c1O. The van der Waals surface area contributed by atoms with Gasteiger partial charge in [0.1, 0.15) is 5.75 Å². The maximum absolute atomic E-state index is 11.3. The molecule has 0 aliphatic carbocycles. The summed E-state index contributed by atoms with van der Waals surface area (Å²) in [5.74, 6) is -0.0183. The van der Waals surface area contributed by atoms with Gasteiger partial charge in [-0.25, -0.2) is 0 Å². The summed E-state index contributed by atoms with van der Waals surface area (Å²) in [6.45, 7) is 9.07. The van der Waals surface area contributed by atoms with Gasteiger partial charge in [-0.1, -0.05) is 18.2 Å². The number of Topliss-reactive ketones (excluding diaryl/α,β-unsaturated/α-hetero) is 1. The number of rotatable bonds is 3. The van der Waals surface area contributed by atoms with Gasteiger partial charge in [-0.2, -0.15) is 0 Å². The van der Waals surface area contributed by atoms with Gasteiger partial charge in [0.05, 0.1) is 5.56 Å². The molecule has 0 aliphatic rings. The quantitative estimate of drug-likeness (QED) is 0.607. The van der Waals surface area contributed by atoms with Crippen LogP contribution in [0.3, 0.4) is 0 Å². The first-order chi connectivity index (χ1) is 6.91. The number of carbonyl (C=O) groups is 1. The van der Waals surface area contributed by atoms with E-state index in [1.807, 2.05) is 19.9 Å². The van der Waals surface area contributed by atoms with E-state index in [2.05, 4.69) is 6.58 Å². The molecule has 2 heteroatoms. The summed E-state index contributed by atoms with van der Waals surface area (Å²) in [5, 5.41) is 9.87. The Balaban J connectivity index is 3.28. The van der Waals surface area contributed by atoms with Crippen molar-refractivity contribution >= 4 is 5.78 Å². The van der Waals surface area contributed by atoms with E-state index in [0.29, 0.717) is 12.0 Å². The molecule has 0 spiro atoms. The summed E-state index contributed by atoms with van der Waals surface area (Å²) in [6, 6.07) is 3.59. The van der Waals surface area contributed by atoms with Crippen LogP contribution in [0.15, 0.2) is 24.3 Å². The molecule has 0 amide bonds. The molecule has 0 fully saturated rings. The zero-order valence-corrected chi connectivity index (χ0v) is 9.42. The number of phenolic OH excluding ortho intramolecular Hbond substituents is 1. The Labute approximate surface area is 90.3 Å². The van der Waals surface area contributed by atoms with Gasteiger partial charge in [0.25, 0.3) is 0 Å². The molecule has 0 heterocycles. The lowest BCUT2D eigenvalue weighted by molar-refractivity contribution is 0.101. The zero-order chi connectivity index (χ0) is 11.6. The van der Waals surface area contributed by atoms with Crippen molar-refractivity contribution < 1.29 is 9.90 Å². The van der Waals surface area contributed by atoms with Crippen LogP contribution < -0.4 is 0 Å². The normalized spacial score (nSPS) is 10.1. The number of phenols is 1. The number of hydrogen-bond acceptors (Lipinski definition) is 2. The van der Waals surface area contributed by atoms with Gasteiger partial charge in [-0.05, 0) is 44.4 Å². The molecule has 0 aromatic heterocycles. The maximum atomic E-state index is 11.3. The van der Waals surface area contributed by atoms with Crippen molar-refractivity contribution in [3.63, 3.8) is 0 Å². The lowest BCUT2D eigenvalue weighted by atomic mass is 9.98. The van der Waals surface area contributed by atoms with Crippen LogP contribution in [0.4, 0.5) is 0 Å². The summed E-state index contributed by atoms with van der Waals surface area (Å²) >= 11 is 0. The Morgan fingerprint density at radius 2 is 2.00 bits per heavy atom. The van der Waals surface area contributed by atoms with Crippen LogP contribution in [-0.2, 0) is 6.42 Å². The molecule has 0 saturated carbocycles. The molecule has 0 saturated heterocycles. The fraction of sp³-hybridized carbons (Fsp3) is 0.308. The minimum Gasteiger partial charge on any atom is -0.507 e. The molecule has 1 aromatic rings. The second kappa shape index (κ2) is 4.30. The highest BCUT2D eigenvalue weighted by molar-refractivity contribution is 5.97. The third kappa shape index (κ3) is 2.69. The Hall–Kier alpha value is -1.57. The highest BCUT2D eigenvalue weighted by Gasteiger charge is 2.11. The molecule has 15 heavy (non-hydrogen) atoms. The second-order valence-corrected chi connectivity index (χ2v) is 4.01. The first kappa shape index (κ1) is 11.5. The number of carbonyl (C=O) groups excluding carboxylic acids is 1. The highest BCUT2D eigenvalue weighted by Crippen LogP contribution is 2.26. The largest absolute Gasteiger partial charge is 0.507 e. The Morgan fingerprint density at radius 3 is 2.47 bits per heavy atom.